The molecule has 2 heterocycles. The Balaban J connectivity index is 1.46. The lowest BCUT2D eigenvalue weighted by Crippen LogP contribution is -2.51. The number of benzene rings is 1. The highest BCUT2D eigenvalue weighted by molar-refractivity contribution is 6.35. The zero-order valence-corrected chi connectivity index (χ0v) is 14.3. The number of nitrogens with zero attached hydrogens (tertiary/aromatic N) is 3. The molecular weight excluding hydrogens is 355 g/mol. The first-order valence-corrected chi connectivity index (χ1v) is 8.48. The van der Waals surface area contributed by atoms with Crippen molar-refractivity contribution >= 4 is 22.5 Å². The number of halogens is 4. The molecule has 1 fully saturated rings. The minimum absolute atomic E-state index is 0.296. The quantitative estimate of drug-likeness (QED) is 0.725. The number of alkyl halides is 3. The second kappa shape index (κ2) is 8.21. The lowest BCUT2D eigenvalue weighted by Gasteiger charge is -2.35. The van der Waals surface area contributed by atoms with E-state index in [0.717, 1.165) is 10.9 Å². The maximum atomic E-state index is 13.3. The van der Waals surface area contributed by atoms with Gasteiger partial charge >= 0.3 is 0 Å². The zero-order valence-electron chi connectivity index (χ0n) is 13.5. The van der Waals surface area contributed by atoms with Crippen LogP contribution < -0.4 is 4.74 Å². The minimum Gasteiger partial charge on any atom is -0.492 e. The van der Waals surface area contributed by atoms with Crippen molar-refractivity contribution in [2.24, 2.45) is 0 Å². The summed E-state index contributed by atoms with van der Waals surface area (Å²) in [6, 6.07) is 7.27. The van der Waals surface area contributed by atoms with Crippen molar-refractivity contribution in [3.05, 3.63) is 35.5 Å². The Kier molecular flexibility index (Phi) is 5.98. The van der Waals surface area contributed by atoms with Crippen LogP contribution in [0.5, 0.6) is 5.75 Å². The molecule has 1 unspecified atom stereocenters. The van der Waals surface area contributed by atoms with Crippen molar-refractivity contribution in [3.8, 4) is 5.75 Å². The van der Waals surface area contributed by atoms with Gasteiger partial charge in [0.1, 0.15) is 12.4 Å². The predicted octanol–water partition coefficient (Wildman–Crippen LogP) is 3.45. The van der Waals surface area contributed by atoms with Crippen molar-refractivity contribution in [3.63, 3.8) is 0 Å². The third-order valence-corrected chi connectivity index (χ3v) is 4.63. The normalized spacial score (nSPS) is 18.0. The molecule has 25 heavy (non-hydrogen) atoms. The Morgan fingerprint density at radius 3 is 2.60 bits per heavy atom. The number of hydrogen-bond acceptors (Lipinski definition) is 4. The molecule has 1 aromatic heterocycles. The van der Waals surface area contributed by atoms with Crippen LogP contribution in [0.4, 0.5) is 13.2 Å². The van der Waals surface area contributed by atoms with Crippen LogP contribution in [-0.2, 0) is 0 Å². The molecule has 8 heteroatoms. The van der Waals surface area contributed by atoms with Gasteiger partial charge < -0.3 is 4.74 Å². The van der Waals surface area contributed by atoms with Crippen LogP contribution in [0.2, 0.25) is 5.02 Å². The van der Waals surface area contributed by atoms with E-state index >= 15 is 0 Å². The van der Waals surface area contributed by atoms with Crippen molar-refractivity contribution < 1.29 is 17.9 Å². The van der Waals surface area contributed by atoms with Crippen LogP contribution in [-0.4, -0.2) is 66.8 Å². The molecule has 1 aliphatic rings. The van der Waals surface area contributed by atoms with Crippen LogP contribution >= 0.6 is 11.6 Å². The molecule has 0 spiro atoms. The Labute approximate surface area is 149 Å². The fourth-order valence-electron chi connectivity index (χ4n) is 2.87. The zero-order chi connectivity index (χ0) is 17.8. The first-order chi connectivity index (χ1) is 12.0. The summed E-state index contributed by atoms with van der Waals surface area (Å²) in [5.41, 5.74) is 0.764. The summed E-state index contributed by atoms with van der Waals surface area (Å²) in [6.45, 7) is 2.80. The van der Waals surface area contributed by atoms with Gasteiger partial charge in [0.15, 0.2) is 0 Å². The fourth-order valence-corrected chi connectivity index (χ4v) is 3.08. The molecule has 2 aromatic rings. The van der Waals surface area contributed by atoms with Gasteiger partial charge in [0, 0.05) is 50.4 Å². The molecule has 4 nitrogen and oxygen atoms in total. The topological polar surface area (TPSA) is 28.6 Å². The summed E-state index contributed by atoms with van der Waals surface area (Å²) in [6.07, 6.45) is -3.48. The van der Waals surface area contributed by atoms with Gasteiger partial charge in [-0.2, -0.15) is 0 Å². The number of piperazine rings is 1. The van der Waals surface area contributed by atoms with E-state index < -0.39 is 12.7 Å². The highest BCUT2D eigenvalue weighted by Crippen LogP contribution is 2.25. The molecule has 0 N–H and O–H groups in total. The molecule has 1 aliphatic heterocycles. The van der Waals surface area contributed by atoms with E-state index in [9.17, 15) is 13.2 Å². The van der Waals surface area contributed by atoms with Crippen molar-refractivity contribution in [1.82, 2.24) is 14.8 Å². The number of pyridine rings is 1. The van der Waals surface area contributed by atoms with Gasteiger partial charge in [-0.1, -0.05) is 11.6 Å². The number of hydrogen-bond donors (Lipinski definition) is 0. The molecule has 0 amide bonds. The van der Waals surface area contributed by atoms with Crippen LogP contribution in [0.25, 0.3) is 10.9 Å². The molecule has 1 saturated heterocycles. The average Bonchev–Trinajstić information content (AvgIpc) is 2.62. The molecule has 1 aromatic carbocycles. The van der Waals surface area contributed by atoms with E-state index in [4.69, 9.17) is 16.3 Å². The summed E-state index contributed by atoms with van der Waals surface area (Å²) in [5, 5.41) is 1.51. The third kappa shape index (κ3) is 4.54. The molecule has 0 radical (unpaired) electrons. The van der Waals surface area contributed by atoms with Gasteiger partial charge in [0.05, 0.1) is 10.5 Å². The molecule has 0 bridgehead atoms. The van der Waals surface area contributed by atoms with Gasteiger partial charge in [-0.15, -0.1) is 0 Å². The van der Waals surface area contributed by atoms with E-state index in [2.05, 4.69) is 9.88 Å². The predicted molar refractivity (Wildman–Crippen MR) is 91.2 cm³/mol. The third-order valence-electron chi connectivity index (χ3n) is 4.30. The van der Waals surface area contributed by atoms with Crippen molar-refractivity contribution in [1.29, 1.82) is 0 Å². The van der Waals surface area contributed by atoms with E-state index in [1.807, 2.05) is 18.2 Å². The number of aromatic nitrogens is 1. The summed E-state index contributed by atoms with van der Waals surface area (Å²) >= 11 is 6.10. The Morgan fingerprint density at radius 2 is 1.88 bits per heavy atom. The molecule has 136 valence electrons. The van der Waals surface area contributed by atoms with Gasteiger partial charge in [-0.3, -0.25) is 14.8 Å². The first-order valence-electron chi connectivity index (χ1n) is 8.10. The van der Waals surface area contributed by atoms with Crippen LogP contribution in [0.3, 0.4) is 0 Å². The van der Waals surface area contributed by atoms with Gasteiger partial charge in [-0.25, -0.2) is 13.2 Å². The van der Waals surface area contributed by atoms with E-state index in [1.54, 1.807) is 12.3 Å². The summed E-state index contributed by atoms with van der Waals surface area (Å²) in [7, 11) is 0. The average molecular weight is 374 g/mol. The maximum absolute atomic E-state index is 13.3. The van der Waals surface area contributed by atoms with E-state index in [-0.39, 0.29) is 0 Å². The minimum atomic E-state index is -2.95. The Bertz CT molecular complexity index is 711. The highest BCUT2D eigenvalue weighted by atomic mass is 35.5. The molecule has 0 aliphatic carbocycles. The fraction of sp³-hybridized carbons (Fsp3) is 0.471. The van der Waals surface area contributed by atoms with Crippen molar-refractivity contribution in [2.45, 2.75) is 12.7 Å². The number of rotatable bonds is 6. The highest BCUT2D eigenvalue weighted by Gasteiger charge is 2.29. The maximum Gasteiger partial charge on any atom is 0.282 e. The van der Waals surface area contributed by atoms with Gasteiger partial charge in [0.2, 0.25) is 6.30 Å². The van der Waals surface area contributed by atoms with Gasteiger partial charge in [0.25, 0.3) is 6.43 Å². The SMILES string of the molecule is FC(F)C(F)N1CCN(CCOc2ccc3c(Cl)ccnc3c2)CC1. The van der Waals surface area contributed by atoms with Crippen LogP contribution in [0.1, 0.15) is 0 Å². The molecular formula is C17H19ClF3N3O. The smallest absolute Gasteiger partial charge is 0.282 e. The van der Waals surface area contributed by atoms with Crippen LogP contribution in [0, 0.1) is 0 Å². The second-order valence-corrected chi connectivity index (χ2v) is 6.31. The van der Waals surface area contributed by atoms with Gasteiger partial charge in [-0.05, 0) is 18.2 Å². The summed E-state index contributed by atoms with van der Waals surface area (Å²) < 4.78 is 43.8. The Morgan fingerprint density at radius 1 is 1.12 bits per heavy atom. The monoisotopic (exact) mass is 373 g/mol. The lowest BCUT2D eigenvalue weighted by molar-refractivity contribution is -0.0657. The van der Waals surface area contributed by atoms with E-state index in [1.165, 1.54) is 4.90 Å². The first kappa shape index (κ1) is 18.2. The Hall–Kier alpha value is -1.57. The van der Waals surface area contributed by atoms with Crippen LogP contribution in [0.15, 0.2) is 30.5 Å². The second-order valence-electron chi connectivity index (χ2n) is 5.90. The standard InChI is InChI=1S/C17H19ClF3N3O/c18-14-3-4-22-15-11-12(1-2-13(14)15)25-10-9-23-5-7-24(8-6-23)17(21)16(19)20/h1-4,11,16-17H,5-10H2. The molecule has 1 atom stereocenters. The summed E-state index contributed by atoms with van der Waals surface area (Å²) in [5.74, 6) is 0.697. The molecule has 3 rings (SSSR count). The number of fused-ring (bicyclic) bond motifs is 1. The molecule has 0 saturated carbocycles. The largest absolute Gasteiger partial charge is 0.492 e. The van der Waals surface area contributed by atoms with Crippen molar-refractivity contribution in [2.75, 3.05) is 39.3 Å². The lowest BCUT2D eigenvalue weighted by atomic mass is 10.2. The van der Waals surface area contributed by atoms with E-state index in [0.29, 0.717) is 50.1 Å². The number of ether oxygens (including phenoxy) is 1. The summed E-state index contributed by atoms with van der Waals surface area (Å²) in [4.78, 5) is 7.52.